The molecule has 28 heavy (non-hydrogen) atoms. The number of pyridine rings is 1. The molecule has 3 aromatic rings. The van der Waals surface area contributed by atoms with Crippen molar-refractivity contribution >= 4 is 0 Å². The van der Waals surface area contributed by atoms with Crippen LogP contribution in [0.3, 0.4) is 0 Å². The van der Waals surface area contributed by atoms with Crippen LogP contribution in [0.5, 0.6) is 0 Å². The Labute approximate surface area is 164 Å². The number of rotatable bonds is 6. The Morgan fingerprint density at radius 2 is 1.71 bits per heavy atom. The molecule has 0 bridgehead atoms. The van der Waals surface area contributed by atoms with Crippen LogP contribution in [0.2, 0.25) is 0 Å². The topological polar surface area (TPSA) is 72.1 Å². The van der Waals surface area contributed by atoms with Gasteiger partial charge in [-0.25, -0.2) is 9.67 Å². The third-order valence-corrected chi connectivity index (χ3v) is 5.08. The second kappa shape index (κ2) is 8.45. The maximum absolute atomic E-state index is 12.2. The molecule has 4 rings (SSSR count). The minimum atomic E-state index is -0.0633. The number of aryl methyl sites for hydroxylation is 1. The molecule has 8 heteroatoms. The first-order valence-electron chi connectivity index (χ1n) is 9.57. The first-order chi connectivity index (χ1) is 13.7. The summed E-state index contributed by atoms with van der Waals surface area (Å²) in [6, 6.07) is 7.16. The van der Waals surface area contributed by atoms with Gasteiger partial charge in [0.2, 0.25) is 0 Å². The van der Waals surface area contributed by atoms with Crippen LogP contribution >= 0.6 is 0 Å². The van der Waals surface area contributed by atoms with E-state index in [1.165, 1.54) is 0 Å². The standard InChI is InChI=1S/C20H25N7O/c1-24-14-18(22-16-24)15-26-10-8-25(9-11-26)12-13-27-20(28)3-2-19(23-27)17-4-6-21-7-5-17/h2-7,14,16H,8-13,15H2,1H3. The van der Waals surface area contributed by atoms with Crippen LogP contribution in [0.25, 0.3) is 11.3 Å². The average molecular weight is 379 g/mol. The van der Waals surface area contributed by atoms with Crippen LogP contribution in [0.4, 0.5) is 0 Å². The number of aromatic nitrogens is 5. The highest BCUT2D eigenvalue weighted by Crippen LogP contribution is 2.13. The quantitative estimate of drug-likeness (QED) is 0.633. The van der Waals surface area contributed by atoms with E-state index >= 15 is 0 Å². The van der Waals surface area contributed by atoms with E-state index in [0.717, 1.165) is 56.2 Å². The summed E-state index contributed by atoms with van der Waals surface area (Å²) in [5.74, 6) is 0. The second-order valence-corrected chi connectivity index (χ2v) is 7.16. The van der Waals surface area contributed by atoms with Gasteiger partial charge in [0.25, 0.3) is 5.56 Å². The van der Waals surface area contributed by atoms with Crippen molar-refractivity contribution in [2.45, 2.75) is 13.1 Å². The van der Waals surface area contributed by atoms with Gasteiger partial charge in [0.05, 0.1) is 24.3 Å². The summed E-state index contributed by atoms with van der Waals surface area (Å²) in [4.78, 5) is 25.4. The Morgan fingerprint density at radius 3 is 2.43 bits per heavy atom. The molecule has 1 aliphatic heterocycles. The van der Waals surface area contributed by atoms with Gasteiger partial charge in [-0.2, -0.15) is 5.10 Å². The lowest BCUT2D eigenvalue weighted by molar-refractivity contribution is 0.122. The number of imidazole rings is 1. The van der Waals surface area contributed by atoms with Crippen molar-refractivity contribution in [2.24, 2.45) is 7.05 Å². The normalized spacial score (nSPS) is 15.8. The van der Waals surface area contributed by atoms with E-state index in [1.807, 2.05) is 30.1 Å². The summed E-state index contributed by atoms with van der Waals surface area (Å²) in [5, 5.41) is 4.53. The molecule has 1 fully saturated rings. The van der Waals surface area contributed by atoms with Crippen molar-refractivity contribution in [1.29, 1.82) is 0 Å². The van der Waals surface area contributed by atoms with Crippen LogP contribution in [-0.4, -0.2) is 66.8 Å². The van der Waals surface area contributed by atoms with Gasteiger partial charge in [-0.05, 0) is 18.2 Å². The molecule has 8 nitrogen and oxygen atoms in total. The van der Waals surface area contributed by atoms with Crippen molar-refractivity contribution in [3.8, 4) is 11.3 Å². The lowest BCUT2D eigenvalue weighted by Crippen LogP contribution is -2.47. The summed E-state index contributed by atoms with van der Waals surface area (Å²) in [6.07, 6.45) is 7.38. The highest BCUT2D eigenvalue weighted by Gasteiger charge is 2.17. The van der Waals surface area contributed by atoms with Gasteiger partial charge in [0.15, 0.2) is 0 Å². The first-order valence-corrected chi connectivity index (χ1v) is 9.57. The van der Waals surface area contributed by atoms with E-state index in [4.69, 9.17) is 0 Å². The highest BCUT2D eigenvalue weighted by molar-refractivity contribution is 5.56. The molecule has 0 saturated carbocycles. The average Bonchev–Trinajstić information content (AvgIpc) is 3.14. The maximum atomic E-state index is 12.2. The Bertz CT molecular complexity index is 958. The SMILES string of the molecule is Cn1cnc(CN2CCN(CCn3nc(-c4ccncc4)ccc3=O)CC2)c1. The largest absolute Gasteiger partial charge is 0.340 e. The molecular weight excluding hydrogens is 354 g/mol. The van der Waals surface area contributed by atoms with Crippen molar-refractivity contribution in [3.63, 3.8) is 0 Å². The van der Waals surface area contributed by atoms with Crippen LogP contribution in [-0.2, 0) is 20.1 Å². The van der Waals surface area contributed by atoms with Crippen molar-refractivity contribution in [3.05, 3.63) is 65.2 Å². The molecule has 146 valence electrons. The lowest BCUT2D eigenvalue weighted by atomic mass is 10.2. The Balaban J connectivity index is 1.31. The second-order valence-electron chi connectivity index (χ2n) is 7.16. The summed E-state index contributed by atoms with van der Waals surface area (Å²) >= 11 is 0. The van der Waals surface area contributed by atoms with E-state index < -0.39 is 0 Å². The molecule has 0 aliphatic carbocycles. The van der Waals surface area contributed by atoms with Crippen molar-refractivity contribution in [1.82, 2.24) is 34.1 Å². The zero-order valence-electron chi connectivity index (χ0n) is 16.1. The molecule has 0 unspecified atom stereocenters. The number of hydrogen-bond acceptors (Lipinski definition) is 6. The predicted molar refractivity (Wildman–Crippen MR) is 107 cm³/mol. The summed E-state index contributed by atoms with van der Waals surface area (Å²) in [5.41, 5.74) is 2.81. The van der Waals surface area contributed by atoms with Gasteiger partial charge in [-0.15, -0.1) is 0 Å². The Kier molecular flexibility index (Phi) is 5.59. The Morgan fingerprint density at radius 1 is 0.964 bits per heavy atom. The molecule has 1 saturated heterocycles. The smallest absolute Gasteiger partial charge is 0.266 e. The molecule has 3 aromatic heterocycles. The van der Waals surface area contributed by atoms with Crippen LogP contribution in [0.1, 0.15) is 5.69 Å². The summed E-state index contributed by atoms with van der Waals surface area (Å²) in [7, 11) is 1.99. The van der Waals surface area contributed by atoms with Crippen molar-refractivity contribution < 1.29 is 0 Å². The monoisotopic (exact) mass is 379 g/mol. The van der Waals surface area contributed by atoms with Gasteiger partial charge in [-0.3, -0.25) is 19.6 Å². The van der Waals surface area contributed by atoms with E-state index in [-0.39, 0.29) is 5.56 Å². The molecule has 4 heterocycles. The van der Waals surface area contributed by atoms with Crippen LogP contribution in [0, 0.1) is 0 Å². The molecular formula is C20H25N7O. The maximum Gasteiger partial charge on any atom is 0.266 e. The van der Waals surface area contributed by atoms with Crippen LogP contribution in [0.15, 0.2) is 54.0 Å². The van der Waals surface area contributed by atoms with Crippen molar-refractivity contribution in [2.75, 3.05) is 32.7 Å². The van der Waals surface area contributed by atoms with Gasteiger partial charge < -0.3 is 4.57 Å². The molecule has 0 N–H and O–H groups in total. The van der Waals surface area contributed by atoms with Crippen LogP contribution < -0.4 is 5.56 Å². The third kappa shape index (κ3) is 4.52. The third-order valence-electron chi connectivity index (χ3n) is 5.08. The molecule has 0 amide bonds. The fourth-order valence-electron chi connectivity index (χ4n) is 3.47. The summed E-state index contributed by atoms with van der Waals surface area (Å²) in [6.45, 7) is 6.31. The van der Waals surface area contributed by atoms with E-state index in [2.05, 4.69) is 31.1 Å². The minimum absolute atomic E-state index is 0.0633. The fraction of sp³-hybridized carbons (Fsp3) is 0.400. The fourth-order valence-corrected chi connectivity index (χ4v) is 3.47. The number of nitrogens with zero attached hydrogens (tertiary/aromatic N) is 7. The summed E-state index contributed by atoms with van der Waals surface area (Å²) < 4.78 is 3.55. The minimum Gasteiger partial charge on any atom is -0.340 e. The zero-order valence-corrected chi connectivity index (χ0v) is 16.1. The molecule has 0 aromatic carbocycles. The zero-order chi connectivity index (χ0) is 19.3. The molecule has 1 aliphatic rings. The van der Waals surface area contributed by atoms with Gasteiger partial charge in [-0.1, -0.05) is 0 Å². The van der Waals surface area contributed by atoms with E-state index in [9.17, 15) is 4.79 Å². The number of hydrogen-bond donors (Lipinski definition) is 0. The van der Waals surface area contributed by atoms with E-state index in [1.54, 1.807) is 29.2 Å². The molecule has 0 atom stereocenters. The van der Waals surface area contributed by atoms with Gasteiger partial charge in [0.1, 0.15) is 0 Å². The number of piperazine rings is 1. The molecule has 0 radical (unpaired) electrons. The van der Waals surface area contributed by atoms with Gasteiger partial charge >= 0.3 is 0 Å². The van der Waals surface area contributed by atoms with Gasteiger partial charge in [0, 0.05) is 76.5 Å². The van der Waals surface area contributed by atoms with E-state index in [0.29, 0.717) is 6.54 Å². The predicted octanol–water partition coefficient (Wildman–Crippen LogP) is 0.857. The Hall–Kier alpha value is -2.84. The lowest BCUT2D eigenvalue weighted by Gasteiger charge is -2.34. The highest BCUT2D eigenvalue weighted by atomic mass is 16.1. The molecule has 0 spiro atoms. The first kappa shape index (κ1) is 18.5.